The van der Waals surface area contributed by atoms with Gasteiger partial charge < -0.3 is 10.4 Å². The van der Waals surface area contributed by atoms with E-state index in [0.717, 1.165) is 11.3 Å². The van der Waals surface area contributed by atoms with Crippen molar-refractivity contribution >= 4 is 5.97 Å². The third kappa shape index (κ3) is 2.76. The Balaban J connectivity index is 0.000000791. The maximum atomic E-state index is 10.6. The van der Waals surface area contributed by atoms with E-state index < -0.39 is 12.0 Å². The van der Waals surface area contributed by atoms with Gasteiger partial charge in [0.2, 0.25) is 0 Å². The predicted molar refractivity (Wildman–Crippen MR) is 57.9 cm³/mol. The van der Waals surface area contributed by atoms with Crippen LogP contribution in [0.2, 0.25) is 0 Å². The van der Waals surface area contributed by atoms with E-state index in [1.165, 1.54) is 0 Å². The van der Waals surface area contributed by atoms with Crippen LogP contribution in [0.4, 0.5) is 0 Å². The van der Waals surface area contributed by atoms with Gasteiger partial charge in [-0.2, -0.15) is 0 Å². The van der Waals surface area contributed by atoms with Crippen molar-refractivity contribution in [2.45, 2.75) is 26.3 Å². The molecule has 2 N–H and O–H groups in total. The summed E-state index contributed by atoms with van der Waals surface area (Å²) in [6.45, 7) is 11.2. The first-order valence-corrected chi connectivity index (χ1v) is 4.66. The summed E-state index contributed by atoms with van der Waals surface area (Å²) in [5, 5.41) is 11.5. The van der Waals surface area contributed by atoms with Crippen molar-refractivity contribution in [3.05, 3.63) is 36.6 Å². The number of rotatable bonds is 3. The van der Waals surface area contributed by atoms with E-state index in [4.69, 9.17) is 5.11 Å². The Kier molecular flexibility index (Phi) is 5.37. The zero-order chi connectivity index (χ0) is 11.1. The first-order valence-electron chi connectivity index (χ1n) is 4.66. The van der Waals surface area contributed by atoms with Crippen molar-refractivity contribution in [1.29, 1.82) is 0 Å². The number of hydrogen-bond donors (Lipinski definition) is 2. The van der Waals surface area contributed by atoms with Gasteiger partial charge in [0.05, 0.1) is 0 Å². The third-order valence-corrected chi connectivity index (χ3v) is 1.85. The van der Waals surface area contributed by atoms with E-state index >= 15 is 0 Å². The second-order valence-corrected chi connectivity index (χ2v) is 2.59. The Morgan fingerprint density at radius 2 is 2.07 bits per heavy atom. The molecule has 0 bridgehead atoms. The van der Waals surface area contributed by atoms with Gasteiger partial charge in [-0.3, -0.25) is 0 Å². The molecule has 0 aromatic heterocycles. The van der Waals surface area contributed by atoms with Crippen molar-refractivity contribution in [2.75, 3.05) is 0 Å². The molecule has 0 aromatic carbocycles. The lowest BCUT2D eigenvalue weighted by molar-refractivity contribution is -0.138. The number of carbonyl (C=O) groups is 1. The normalized spacial score (nSPS) is 19.1. The molecule has 0 spiro atoms. The molecule has 78 valence electrons. The van der Waals surface area contributed by atoms with E-state index in [-0.39, 0.29) is 0 Å². The summed E-state index contributed by atoms with van der Waals surface area (Å²) in [7, 11) is 0. The third-order valence-electron chi connectivity index (χ3n) is 1.85. The van der Waals surface area contributed by atoms with E-state index in [1.54, 1.807) is 12.2 Å². The molecule has 14 heavy (non-hydrogen) atoms. The zero-order valence-corrected chi connectivity index (χ0v) is 8.71. The summed E-state index contributed by atoms with van der Waals surface area (Å²) >= 11 is 0. The van der Waals surface area contributed by atoms with Crippen molar-refractivity contribution in [3.8, 4) is 0 Å². The molecular weight excluding hydrogens is 178 g/mol. The van der Waals surface area contributed by atoms with Crippen LogP contribution in [0.1, 0.15) is 20.3 Å². The Morgan fingerprint density at radius 1 is 1.50 bits per heavy atom. The van der Waals surface area contributed by atoms with E-state index in [2.05, 4.69) is 18.5 Å². The van der Waals surface area contributed by atoms with Gasteiger partial charge in [-0.15, -0.1) is 0 Å². The van der Waals surface area contributed by atoms with Crippen molar-refractivity contribution in [3.63, 3.8) is 0 Å². The van der Waals surface area contributed by atoms with E-state index in [1.807, 2.05) is 13.8 Å². The van der Waals surface area contributed by atoms with Gasteiger partial charge in [-0.05, 0) is 11.6 Å². The van der Waals surface area contributed by atoms with Gasteiger partial charge >= 0.3 is 5.97 Å². The molecule has 1 aliphatic heterocycles. The van der Waals surface area contributed by atoms with E-state index in [9.17, 15) is 4.79 Å². The fourth-order valence-electron chi connectivity index (χ4n) is 1.19. The molecule has 0 amide bonds. The zero-order valence-electron chi connectivity index (χ0n) is 8.71. The number of hydrogen-bond acceptors (Lipinski definition) is 2. The molecule has 0 aromatic rings. The molecule has 3 nitrogen and oxygen atoms in total. The van der Waals surface area contributed by atoms with Crippen LogP contribution in [0.25, 0.3) is 0 Å². The summed E-state index contributed by atoms with van der Waals surface area (Å²) in [4.78, 5) is 10.6. The van der Waals surface area contributed by atoms with Crippen LogP contribution in [0, 0.1) is 0 Å². The minimum atomic E-state index is -0.841. The van der Waals surface area contributed by atoms with Gasteiger partial charge in [0.25, 0.3) is 0 Å². The summed E-state index contributed by atoms with van der Waals surface area (Å²) in [6.07, 6.45) is 3.76. The summed E-state index contributed by atoms with van der Waals surface area (Å²) in [6, 6.07) is -0.522. The molecule has 0 aliphatic carbocycles. The largest absolute Gasteiger partial charge is 0.480 e. The summed E-state index contributed by atoms with van der Waals surface area (Å²) in [5.74, 6) is -0.841. The second kappa shape index (κ2) is 6.02. The van der Waals surface area contributed by atoms with Gasteiger partial charge in [0, 0.05) is 12.1 Å². The second-order valence-electron chi connectivity index (χ2n) is 2.59. The van der Waals surface area contributed by atoms with Crippen molar-refractivity contribution in [2.24, 2.45) is 0 Å². The highest BCUT2D eigenvalue weighted by molar-refractivity contribution is 5.75. The van der Waals surface area contributed by atoms with E-state index in [0.29, 0.717) is 6.42 Å². The van der Waals surface area contributed by atoms with Crippen LogP contribution in [0.3, 0.4) is 0 Å². The molecule has 1 rings (SSSR count). The Labute approximate surface area is 84.8 Å². The summed E-state index contributed by atoms with van der Waals surface area (Å²) in [5.41, 5.74) is 1.69. The maximum Gasteiger partial charge on any atom is 0.326 e. The van der Waals surface area contributed by atoms with Crippen LogP contribution in [0.15, 0.2) is 36.6 Å². The number of aliphatic carboxylic acids is 1. The van der Waals surface area contributed by atoms with Crippen LogP contribution in [-0.2, 0) is 4.79 Å². The molecule has 1 unspecified atom stereocenters. The highest BCUT2D eigenvalue weighted by atomic mass is 16.4. The topological polar surface area (TPSA) is 49.3 Å². The van der Waals surface area contributed by atoms with Gasteiger partial charge in [0.15, 0.2) is 0 Å². The average molecular weight is 195 g/mol. The van der Waals surface area contributed by atoms with Crippen molar-refractivity contribution < 1.29 is 9.90 Å². The first kappa shape index (κ1) is 12.5. The molecule has 1 heterocycles. The van der Waals surface area contributed by atoms with Crippen molar-refractivity contribution in [1.82, 2.24) is 5.32 Å². The Hall–Kier alpha value is -1.51. The molecule has 0 radical (unpaired) electrons. The summed E-state index contributed by atoms with van der Waals surface area (Å²) < 4.78 is 0. The van der Waals surface area contributed by atoms with Crippen LogP contribution in [-0.4, -0.2) is 17.1 Å². The van der Waals surface area contributed by atoms with Gasteiger partial charge in [0.1, 0.15) is 6.04 Å². The number of nitrogens with one attached hydrogen (secondary N) is 1. The first-order chi connectivity index (χ1) is 6.69. The van der Waals surface area contributed by atoms with Gasteiger partial charge in [-0.1, -0.05) is 33.1 Å². The minimum Gasteiger partial charge on any atom is -0.480 e. The Morgan fingerprint density at radius 3 is 2.36 bits per heavy atom. The predicted octanol–water partition coefficient (Wildman–Crippen LogP) is 2.09. The SMILES string of the molecule is C=CC1=C(C=C)NC(C(=O)O)C1.CC. The van der Waals surface area contributed by atoms with Gasteiger partial charge in [-0.25, -0.2) is 4.79 Å². The van der Waals surface area contributed by atoms with Crippen LogP contribution in [0.5, 0.6) is 0 Å². The lowest BCUT2D eigenvalue weighted by Gasteiger charge is -2.04. The lowest BCUT2D eigenvalue weighted by atomic mass is 10.1. The molecule has 0 saturated heterocycles. The fraction of sp³-hybridized carbons (Fsp3) is 0.364. The number of carboxylic acid groups (broad SMARTS) is 1. The highest BCUT2D eigenvalue weighted by Crippen LogP contribution is 2.19. The monoisotopic (exact) mass is 195 g/mol. The molecule has 1 atom stereocenters. The standard InChI is InChI=1S/C9H11NO2.C2H6/c1-3-6-5-8(9(11)12)10-7(6)4-2;1-2/h3-4,8,10H,1-2,5H2,(H,11,12);1-2H3. The number of carboxylic acids is 1. The average Bonchev–Trinajstić information content (AvgIpc) is 2.63. The fourth-order valence-corrected chi connectivity index (χ4v) is 1.19. The molecule has 0 saturated carbocycles. The number of allylic oxidation sites excluding steroid dienone is 2. The molecule has 0 fully saturated rings. The molecule has 3 heteroatoms. The minimum absolute atomic E-state index is 0.486. The smallest absolute Gasteiger partial charge is 0.326 e. The molecule has 1 aliphatic rings. The molecular formula is C11H17NO2. The van der Waals surface area contributed by atoms with Crippen LogP contribution >= 0.6 is 0 Å². The quantitative estimate of drug-likeness (QED) is 0.725. The lowest BCUT2D eigenvalue weighted by Crippen LogP contribution is -2.30. The Bertz CT molecular complexity index is 246. The highest BCUT2D eigenvalue weighted by Gasteiger charge is 2.25. The van der Waals surface area contributed by atoms with Crippen LogP contribution < -0.4 is 5.32 Å². The maximum absolute atomic E-state index is 10.6.